The van der Waals surface area contributed by atoms with E-state index >= 15 is 0 Å². The van der Waals surface area contributed by atoms with Crippen LogP contribution in [0, 0.1) is 11.7 Å². The molecule has 182 valence electrons. The third kappa shape index (κ3) is 4.75. The van der Waals surface area contributed by atoms with Gasteiger partial charge in [-0.05, 0) is 65.9 Å². The molecule has 35 heavy (non-hydrogen) atoms. The second-order valence-electron chi connectivity index (χ2n) is 9.27. The second-order valence-corrected chi connectivity index (χ2v) is 9.64. The van der Waals surface area contributed by atoms with Gasteiger partial charge in [-0.2, -0.15) is 0 Å². The third-order valence-electron chi connectivity index (χ3n) is 6.99. The van der Waals surface area contributed by atoms with Crippen molar-refractivity contribution in [3.63, 3.8) is 0 Å². The number of aromatic hydroxyl groups is 1. The molecule has 3 aromatic rings. The Labute approximate surface area is 210 Å². The highest BCUT2D eigenvalue weighted by molar-refractivity contribution is 6.34. The molecule has 0 unspecified atom stereocenters. The van der Waals surface area contributed by atoms with Crippen LogP contribution in [0.2, 0.25) is 5.02 Å². The van der Waals surface area contributed by atoms with Gasteiger partial charge in [0.25, 0.3) is 0 Å². The molecule has 6 heteroatoms. The van der Waals surface area contributed by atoms with Crippen LogP contribution in [0.15, 0.2) is 60.7 Å². The first-order valence-corrected chi connectivity index (χ1v) is 12.4. The number of likely N-dealkylation sites (tertiary alicyclic amines) is 1. The predicted molar refractivity (Wildman–Crippen MR) is 138 cm³/mol. The van der Waals surface area contributed by atoms with Crippen molar-refractivity contribution >= 4 is 22.7 Å². The van der Waals surface area contributed by atoms with Crippen molar-refractivity contribution in [1.82, 2.24) is 4.90 Å². The molecule has 2 aliphatic heterocycles. The SMILES string of the molecule is CCC1CN(CCOc2ccc([C@H]3Oc4ccc(O)c(Cl)c4C(C)=C3c3ccc(F)cc3)cc2)C1. The van der Waals surface area contributed by atoms with Crippen LogP contribution in [0.3, 0.4) is 0 Å². The van der Waals surface area contributed by atoms with Crippen molar-refractivity contribution in [1.29, 1.82) is 0 Å². The monoisotopic (exact) mass is 493 g/mol. The summed E-state index contributed by atoms with van der Waals surface area (Å²) >= 11 is 6.46. The maximum Gasteiger partial charge on any atom is 0.150 e. The predicted octanol–water partition coefficient (Wildman–Crippen LogP) is 6.97. The molecule has 1 N–H and O–H groups in total. The fourth-order valence-corrected chi connectivity index (χ4v) is 5.19. The van der Waals surface area contributed by atoms with Gasteiger partial charge in [0.15, 0.2) is 0 Å². The van der Waals surface area contributed by atoms with E-state index in [0.29, 0.717) is 17.9 Å². The summed E-state index contributed by atoms with van der Waals surface area (Å²) in [6, 6.07) is 17.5. The number of fused-ring (bicyclic) bond motifs is 1. The van der Waals surface area contributed by atoms with Gasteiger partial charge >= 0.3 is 0 Å². The van der Waals surface area contributed by atoms with Crippen LogP contribution in [-0.2, 0) is 0 Å². The highest BCUT2D eigenvalue weighted by Gasteiger charge is 2.31. The van der Waals surface area contributed by atoms with Crippen molar-refractivity contribution < 1.29 is 19.0 Å². The Morgan fingerprint density at radius 3 is 2.46 bits per heavy atom. The quantitative estimate of drug-likeness (QED) is 0.386. The molecule has 0 aromatic heterocycles. The van der Waals surface area contributed by atoms with Gasteiger partial charge in [-0.25, -0.2) is 4.39 Å². The highest BCUT2D eigenvalue weighted by Crippen LogP contribution is 2.50. The molecule has 1 saturated heterocycles. The summed E-state index contributed by atoms with van der Waals surface area (Å²) in [4.78, 5) is 2.42. The Balaban J connectivity index is 1.40. The molecule has 5 rings (SSSR count). The van der Waals surface area contributed by atoms with E-state index in [4.69, 9.17) is 21.1 Å². The van der Waals surface area contributed by atoms with Crippen molar-refractivity contribution in [2.45, 2.75) is 26.4 Å². The summed E-state index contributed by atoms with van der Waals surface area (Å²) in [6.45, 7) is 8.12. The summed E-state index contributed by atoms with van der Waals surface area (Å²) < 4.78 is 26.1. The minimum atomic E-state index is -0.422. The fraction of sp³-hybridized carbons (Fsp3) is 0.310. The van der Waals surface area contributed by atoms with Gasteiger partial charge in [0, 0.05) is 30.8 Å². The van der Waals surface area contributed by atoms with Gasteiger partial charge in [-0.3, -0.25) is 4.90 Å². The number of ether oxygens (including phenoxy) is 2. The molecule has 0 amide bonds. The first-order valence-electron chi connectivity index (χ1n) is 12.0. The Morgan fingerprint density at radius 2 is 1.77 bits per heavy atom. The van der Waals surface area contributed by atoms with E-state index < -0.39 is 6.10 Å². The number of hydrogen-bond acceptors (Lipinski definition) is 4. The van der Waals surface area contributed by atoms with E-state index in [1.54, 1.807) is 18.2 Å². The number of nitrogens with zero attached hydrogens (tertiary/aromatic N) is 1. The van der Waals surface area contributed by atoms with Gasteiger partial charge < -0.3 is 14.6 Å². The lowest BCUT2D eigenvalue weighted by atomic mass is 9.86. The minimum Gasteiger partial charge on any atom is -0.506 e. The fourth-order valence-electron chi connectivity index (χ4n) is 4.89. The molecule has 0 aliphatic carbocycles. The number of phenolic OH excluding ortho intramolecular Hbond substituents is 1. The molecular formula is C29H29ClFNO3. The Bertz CT molecular complexity index is 1230. The number of rotatable bonds is 7. The molecule has 1 atom stereocenters. The van der Waals surface area contributed by atoms with Crippen molar-refractivity contribution in [2.24, 2.45) is 5.92 Å². The van der Waals surface area contributed by atoms with E-state index in [0.717, 1.165) is 40.5 Å². The maximum atomic E-state index is 13.7. The summed E-state index contributed by atoms with van der Waals surface area (Å²) in [6.07, 6.45) is 0.822. The summed E-state index contributed by atoms with van der Waals surface area (Å²) in [7, 11) is 0. The Morgan fingerprint density at radius 1 is 1.06 bits per heavy atom. The number of benzene rings is 3. The molecule has 2 aliphatic rings. The van der Waals surface area contributed by atoms with E-state index in [-0.39, 0.29) is 16.6 Å². The lowest BCUT2D eigenvalue weighted by Gasteiger charge is -2.38. The number of allylic oxidation sites excluding steroid dienone is 1. The molecular weight excluding hydrogens is 465 g/mol. The van der Waals surface area contributed by atoms with Gasteiger partial charge in [-0.1, -0.05) is 49.2 Å². The second kappa shape index (κ2) is 9.92. The molecule has 4 nitrogen and oxygen atoms in total. The van der Waals surface area contributed by atoms with Gasteiger partial charge in [0.1, 0.15) is 35.8 Å². The van der Waals surface area contributed by atoms with Crippen LogP contribution in [0.1, 0.15) is 43.1 Å². The summed E-state index contributed by atoms with van der Waals surface area (Å²) in [5, 5.41) is 10.4. The van der Waals surface area contributed by atoms with Crippen molar-refractivity contribution in [3.8, 4) is 17.2 Å². The lowest BCUT2D eigenvalue weighted by molar-refractivity contribution is 0.0806. The van der Waals surface area contributed by atoms with Crippen LogP contribution in [0.25, 0.3) is 11.1 Å². The first-order chi connectivity index (χ1) is 16.9. The molecule has 1 fully saturated rings. The Hall–Kier alpha value is -3.02. The van der Waals surface area contributed by atoms with Crippen LogP contribution >= 0.6 is 11.6 Å². The number of halogens is 2. The molecule has 2 heterocycles. The average Bonchev–Trinajstić information content (AvgIpc) is 2.84. The van der Waals surface area contributed by atoms with Gasteiger partial charge in [-0.15, -0.1) is 0 Å². The van der Waals surface area contributed by atoms with Crippen LogP contribution in [0.4, 0.5) is 4.39 Å². The summed E-state index contributed by atoms with van der Waals surface area (Å²) in [5.41, 5.74) is 4.18. The largest absolute Gasteiger partial charge is 0.506 e. The van der Waals surface area contributed by atoms with Gasteiger partial charge in [0.05, 0.1) is 5.02 Å². The molecule has 3 aromatic carbocycles. The smallest absolute Gasteiger partial charge is 0.150 e. The normalized spacial score (nSPS) is 18.1. The lowest BCUT2D eigenvalue weighted by Crippen LogP contribution is -2.47. The molecule has 0 bridgehead atoms. The zero-order chi connectivity index (χ0) is 24.5. The Kier molecular flexibility index (Phi) is 6.72. The van der Waals surface area contributed by atoms with Crippen LogP contribution < -0.4 is 9.47 Å². The topological polar surface area (TPSA) is 41.9 Å². The van der Waals surface area contributed by atoms with E-state index in [1.165, 1.54) is 37.7 Å². The zero-order valence-electron chi connectivity index (χ0n) is 19.9. The van der Waals surface area contributed by atoms with Gasteiger partial charge in [0.2, 0.25) is 0 Å². The van der Waals surface area contributed by atoms with Crippen molar-refractivity contribution in [2.75, 3.05) is 26.2 Å². The van der Waals surface area contributed by atoms with Crippen LogP contribution in [0.5, 0.6) is 17.2 Å². The third-order valence-corrected chi connectivity index (χ3v) is 7.38. The van der Waals surface area contributed by atoms with Crippen LogP contribution in [-0.4, -0.2) is 36.2 Å². The minimum absolute atomic E-state index is 0.00443. The van der Waals surface area contributed by atoms with E-state index in [9.17, 15) is 9.50 Å². The average molecular weight is 494 g/mol. The van der Waals surface area contributed by atoms with E-state index in [2.05, 4.69) is 11.8 Å². The zero-order valence-corrected chi connectivity index (χ0v) is 20.7. The van der Waals surface area contributed by atoms with Crippen molar-refractivity contribution in [3.05, 3.63) is 88.2 Å². The molecule has 0 radical (unpaired) electrons. The number of phenols is 1. The highest BCUT2D eigenvalue weighted by atomic mass is 35.5. The number of hydrogen-bond donors (Lipinski definition) is 1. The maximum absolute atomic E-state index is 13.7. The summed E-state index contributed by atoms with van der Waals surface area (Å²) in [5.74, 6) is 1.94. The standard InChI is InChI=1S/C29H29ClFNO3/c1-3-19-16-32(17-19)14-15-34-23-10-6-21(7-11-23)29-26(20-4-8-22(31)9-5-20)18(2)27-25(35-29)13-12-24(33)28(27)30/h4-13,19,29,33H,3,14-17H2,1-2H3/t29-/m1/s1. The first kappa shape index (κ1) is 23.7. The molecule has 0 spiro atoms. The van der Waals surface area contributed by atoms with E-state index in [1.807, 2.05) is 31.2 Å². The molecule has 0 saturated carbocycles.